The molecule has 0 saturated heterocycles. The van der Waals surface area contributed by atoms with Gasteiger partial charge in [-0.15, -0.1) is 0 Å². The first-order chi connectivity index (χ1) is 18.0. The van der Waals surface area contributed by atoms with E-state index in [2.05, 4.69) is 4.98 Å². The zero-order valence-corrected chi connectivity index (χ0v) is 20.7. The maximum absolute atomic E-state index is 14.1. The minimum absolute atomic E-state index is 0.0432. The van der Waals surface area contributed by atoms with E-state index < -0.39 is 53.0 Å². The number of aromatic nitrogens is 1. The number of rotatable bonds is 7. The molecule has 38 heavy (non-hydrogen) atoms. The summed E-state index contributed by atoms with van der Waals surface area (Å²) in [6.07, 6.45) is -3.42. The average Bonchev–Trinajstić information content (AvgIpc) is 3.33. The molecule has 0 aliphatic heterocycles. The molecule has 1 aliphatic carbocycles. The van der Waals surface area contributed by atoms with Gasteiger partial charge in [0.1, 0.15) is 35.5 Å². The van der Waals surface area contributed by atoms with Gasteiger partial charge in [-0.05, 0) is 67.7 Å². The van der Waals surface area contributed by atoms with Gasteiger partial charge in [0.25, 0.3) is 0 Å². The summed E-state index contributed by atoms with van der Waals surface area (Å²) in [6.45, 7) is 0.900. The number of halogens is 7. The van der Waals surface area contributed by atoms with Crippen LogP contribution in [0.15, 0.2) is 42.5 Å². The Balaban J connectivity index is 1.79. The molecular weight excluding hydrogens is 536 g/mol. The van der Waals surface area contributed by atoms with Crippen LogP contribution < -0.4 is 4.74 Å². The zero-order chi connectivity index (χ0) is 27.6. The number of pyridine rings is 1. The summed E-state index contributed by atoms with van der Waals surface area (Å²) in [7, 11) is 0. The van der Waals surface area contributed by atoms with Gasteiger partial charge in [0.05, 0.1) is 23.4 Å². The summed E-state index contributed by atoms with van der Waals surface area (Å²) >= 11 is 6.20. The summed E-state index contributed by atoms with van der Waals surface area (Å²) in [6, 6.07) is 7.02. The molecule has 0 unspecified atom stereocenters. The molecule has 0 radical (unpaired) electrons. The number of ether oxygens (including phenoxy) is 2. The van der Waals surface area contributed by atoms with Crippen molar-refractivity contribution in [3.05, 3.63) is 93.0 Å². The Morgan fingerprint density at radius 2 is 1.68 bits per heavy atom. The van der Waals surface area contributed by atoms with Gasteiger partial charge in [-0.1, -0.05) is 11.6 Å². The predicted molar refractivity (Wildman–Crippen MR) is 128 cm³/mol. The third-order valence-corrected chi connectivity index (χ3v) is 6.14. The highest BCUT2D eigenvalue weighted by molar-refractivity contribution is 6.30. The van der Waals surface area contributed by atoms with Crippen LogP contribution in [-0.4, -0.2) is 17.6 Å². The topological polar surface area (TPSA) is 48.4 Å². The van der Waals surface area contributed by atoms with Gasteiger partial charge in [-0.25, -0.2) is 22.9 Å². The van der Waals surface area contributed by atoms with Crippen molar-refractivity contribution < 1.29 is 40.6 Å². The minimum Gasteiger partial charge on any atom is -0.488 e. The second kappa shape index (κ2) is 11.1. The van der Waals surface area contributed by atoms with Crippen LogP contribution in [0.4, 0.5) is 26.3 Å². The van der Waals surface area contributed by atoms with Gasteiger partial charge in [0.15, 0.2) is 0 Å². The molecule has 3 aromatic rings. The van der Waals surface area contributed by atoms with Crippen molar-refractivity contribution in [2.24, 2.45) is 0 Å². The molecule has 0 spiro atoms. The fraction of sp³-hybridized carbons (Fsp3) is 0.259. The lowest BCUT2D eigenvalue weighted by molar-refractivity contribution is -0.137. The van der Waals surface area contributed by atoms with E-state index in [1.165, 1.54) is 25.1 Å². The maximum Gasteiger partial charge on any atom is 0.416 e. The molecule has 0 saturated carbocycles. The van der Waals surface area contributed by atoms with Gasteiger partial charge >= 0.3 is 12.1 Å². The Labute approximate surface area is 218 Å². The molecule has 2 aromatic carbocycles. The molecule has 200 valence electrons. The lowest BCUT2D eigenvalue weighted by Gasteiger charge is -2.16. The second-order valence-corrected chi connectivity index (χ2v) is 8.87. The second-order valence-electron chi connectivity index (χ2n) is 8.43. The first kappa shape index (κ1) is 27.5. The summed E-state index contributed by atoms with van der Waals surface area (Å²) in [5.74, 6) is -4.16. The van der Waals surface area contributed by atoms with Crippen molar-refractivity contribution in [3.63, 3.8) is 0 Å². The van der Waals surface area contributed by atoms with E-state index in [9.17, 15) is 31.1 Å². The van der Waals surface area contributed by atoms with Crippen molar-refractivity contribution in [3.8, 4) is 5.75 Å². The fourth-order valence-electron chi connectivity index (χ4n) is 4.21. The number of alkyl halides is 3. The third kappa shape index (κ3) is 5.96. The number of allylic oxidation sites excluding steroid dienone is 2. The Hall–Kier alpha value is -3.53. The molecular formula is C27H20ClF6NO3. The fourth-order valence-corrected chi connectivity index (χ4v) is 4.38. The lowest BCUT2D eigenvalue weighted by Crippen LogP contribution is -2.13. The van der Waals surface area contributed by atoms with Gasteiger partial charge in [-0.3, -0.25) is 0 Å². The van der Waals surface area contributed by atoms with Crippen LogP contribution >= 0.6 is 11.6 Å². The van der Waals surface area contributed by atoms with Gasteiger partial charge in [0.2, 0.25) is 0 Å². The summed E-state index contributed by atoms with van der Waals surface area (Å²) in [5.41, 5.74) is -0.709. The smallest absolute Gasteiger partial charge is 0.416 e. The average molecular weight is 556 g/mol. The molecule has 4 nitrogen and oxygen atoms in total. The molecule has 1 heterocycles. The number of esters is 1. The van der Waals surface area contributed by atoms with E-state index in [4.69, 9.17) is 21.1 Å². The third-order valence-electron chi connectivity index (χ3n) is 5.91. The first-order valence-corrected chi connectivity index (χ1v) is 11.9. The highest BCUT2D eigenvalue weighted by Crippen LogP contribution is 2.44. The van der Waals surface area contributed by atoms with Crippen LogP contribution in [0.1, 0.15) is 59.1 Å². The van der Waals surface area contributed by atoms with E-state index in [0.717, 1.165) is 6.07 Å². The molecule has 0 fully saturated rings. The normalized spacial score (nSPS) is 13.7. The zero-order valence-electron chi connectivity index (χ0n) is 19.9. The van der Waals surface area contributed by atoms with Crippen molar-refractivity contribution in [1.29, 1.82) is 0 Å². The number of carbonyl (C=O) groups excluding carboxylic acids is 1. The number of hydrogen-bond acceptors (Lipinski definition) is 4. The predicted octanol–water partition coefficient (Wildman–Crippen LogP) is 8.02. The number of hydrogen-bond donors (Lipinski definition) is 0. The largest absolute Gasteiger partial charge is 0.488 e. The van der Waals surface area contributed by atoms with Crippen LogP contribution in [0.5, 0.6) is 5.75 Å². The van der Waals surface area contributed by atoms with Crippen LogP contribution in [0, 0.1) is 17.5 Å². The Kier molecular flexibility index (Phi) is 8.01. The summed E-state index contributed by atoms with van der Waals surface area (Å²) in [5, 5.41) is 0.287. The molecule has 0 amide bonds. The van der Waals surface area contributed by atoms with E-state index in [-0.39, 0.29) is 23.1 Å². The molecule has 11 heteroatoms. The maximum atomic E-state index is 14.1. The van der Waals surface area contributed by atoms with Crippen LogP contribution in [0.25, 0.3) is 11.1 Å². The van der Waals surface area contributed by atoms with E-state index in [1.807, 2.05) is 0 Å². The standard InChI is InChI=1S/C27H20ClF6NO3/c1-2-37-26(36)24-9-14(27(32,33)34)8-23(35-24)18-5-3-4-17(18)19-10-15(28)6-7-25(19)38-13-20-21(30)11-16(29)12-22(20)31/h6-12H,2-5,13H2,1H3. The number of carbonyl (C=O) groups is 1. The van der Waals surface area contributed by atoms with E-state index >= 15 is 0 Å². The monoisotopic (exact) mass is 555 g/mol. The first-order valence-electron chi connectivity index (χ1n) is 11.5. The Morgan fingerprint density at radius 3 is 2.34 bits per heavy atom. The summed E-state index contributed by atoms with van der Waals surface area (Å²) < 4.78 is 93.0. The molecule has 4 rings (SSSR count). The van der Waals surface area contributed by atoms with Crippen molar-refractivity contribution in [2.45, 2.75) is 39.0 Å². The highest BCUT2D eigenvalue weighted by atomic mass is 35.5. The highest BCUT2D eigenvalue weighted by Gasteiger charge is 2.34. The molecule has 0 atom stereocenters. The van der Waals surface area contributed by atoms with Crippen LogP contribution in [0.3, 0.4) is 0 Å². The van der Waals surface area contributed by atoms with Crippen molar-refractivity contribution in [2.75, 3.05) is 6.61 Å². The SMILES string of the molecule is CCOC(=O)c1cc(C(F)(F)F)cc(C2=C(c3cc(Cl)ccc3OCc3c(F)cc(F)cc3F)CCC2)n1. The summed E-state index contributed by atoms with van der Waals surface area (Å²) in [4.78, 5) is 16.4. The quantitative estimate of drug-likeness (QED) is 0.219. The van der Waals surface area contributed by atoms with Crippen LogP contribution in [0.2, 0.25) is 5.02 Å². The van der Waals surface area contributed by atoms with E-state index in [0.29, 0.717) is 54.2 Å². The Bertz CT molecular complexity index is 1400. The Morgan fingerprint density at radius 1 is 1.00 bits per heavy atom. The molecule has 1 aromatic heterocycles. The van der Waals surface area contributed by atoms with Crippen molar-refractivity contribution >= 4 is 28.7 Å². The van der Waals surface area contributed by atoms with Gasteiger partial charge in [0, 0.05) is 22.7 Å². The van der Waals surface area contributed by atoms with Gasteiger partial charge < -0.3 is 9.47 Å². The number of nitrogens with zero attached hydrogens (tertiary/aromatic N) is 1. The lowest BCUT2D eigenvalue weighted by atomic mass is 9.98. The van der Waals surface area contributed by atoms with Crippen LogP contribution in [-0.2, 0) is 17.5 Å². The molecule has 1 aliphatic rings. The number of benzene rings is 2. The molecule has 0 bridgehead atoms. The van der Waals surface area contributed by atoms with E-state index in [1.54, 1.807) is 0 Å². The minimum atomic E-state index is -4.74. The van der Waals surface area contributed by atoms with Gasteiger partial charge in [-0.2, -0.15) is 13.2 Å². The molecule has 0 N–H and O–H groups in total. The van der Waals surface area contributed by atoms with Crippen molar-refractivity contribution in [1.82, 2.24) is 4.98 Å².